The van der Waals surface area contributed by atoms with E-state index in [1.165, 1.54) is 89.5 Å². The Kier molecular flexibility index (Phi) is 4.88. The first kappa shape index (κ1) is 24.5. The molecule has 3 heterocycles. The van der Waals surface area contributed by atoms with Crippen molar-refractivity contribution in [2.45, 2.75) is 38.8 Å². The summed E-state index contributed by atoms with van der Waals surface area (Å²) >= 11 is 5.72. The van der Waals surface area contributed by atoms with Gasteiger partial charge in [-0.3, -0.25) is 0 Å². The van der Waals surface area contributed by atoms with E-state index in [2.05, 4.69) is 134 Å². The highest BCUT2D eigenvalue weighted by Gasteiger charge is 2.38. The predicted octanol–water partition coefficient (Wildman–Crippen LogP) is 12.1. The van der Waals surface area contributed by atoms with Crippen molar-refractivity contribution in [1.29, 1.82) is 0 Å². The van der Waals surface area contributed by atoms with Gasteiger partial charge in [0.15, 0.2) is 0 Å². The largest absolute Gasteiger partial charge is 0.308 e. The molecule has 2 aromatic heterocycles. The minimum Gasteiger partial charge on any atom is -0.308 e. The first-order valence-electron chi connectivity index (χ1n) is 14.7. The van der Waals surface area contributed by atoms with E-state index in [9.17, 15) is 0 Å². The topological polar surface area (TPSA) is 4.93 Å². The second kappa shape index (κ2) is 8.57. The maximum atomic E-state index is 2.56. The maximum absolute atomic E-state index is 2.56. The van der Waals surface area contributed by atoms with Gasteiger partial charge in [-0.1, -0.05) is 110 Å². The molecule has 0 saturated heterocycles. The van der Waals surface area contributed by atoms with Gasteiger partial charge in [0.2, 0.25) is 0 Å². The van der Waals surface area contributed by atoms with Gasteiger partial charge < -0.3 is 4.57 Å². The summed E-state index contributed by atoms with van der Waals surface area (Å²) in [5.41, 5.74) is 9.35. The molecule has 0 bridgehead atoms. The van der Waals surface area contributed by atoms with E-state index in [0.29, 0.717) is 0 Å². The van der Waals surface area contributed by atoms with Gasteiger partial charge in [0.05, 0.1) is 21.4 Å². The van der Waals surface area contributed by atoms with E-state index in [1.54, 1.807) is 0 Å². The van der Waals surface area contributed by atoms with Crippen LogP contribution < -0.4 is 0 Å². The molecule has 1 aliphatic carbocycles. The van der Waals surface area contributed by atoms with Crippen molar-refractivity contribution in [3.63, 3.8) is 0 Å². The molecule has 10 rings (SSSR count). The standard InChI is InChI=1S/C39H25NS3/c1-39(2)27-13-5-3-10-22(27)24-18-19-28-36(37(24)39)26-20-34-35(42-33-17-8-7-16-32(33)41-34)21-30(26)40(28)29-14-9-12-25-23-11-4-6-15-31(23)43-38(25)29/h3-21H,1-2H3. The highest BCUT2D eigenvalue weighted by atomic mass is 32.2. The van der Waals surface area contributed by atoms with Crippen LogP contribution in [0.15, 0.2) is 135 Å². The molecule has 0 unspecified atom stereocenters. The van der Waals surface area contributed by atoms with Crippen LogP contribution in [-0.2, 0) is 5.41 Å². The number of hydrogen-bond acceptors (Lipinski definition) is 3. The van der Waals surface area contributed by atoms with Gasteiger partial charge in [-0.25, -0.2) is 0 Å². The van der Waals surface area contributed by atoms with E-state index in [4.69, 9.17) is 0 Å². The zero-order chi connectivity index (χ0) is 28.4. The number of aromatic nitrogens is 1. The fourth-order valence-corrected chi connectivity index (χ4v) is 11.0. The lowest BCUT2D eigenvalue weighted by atomic mass is 9.80. The lowest BCUT2D eigenvalue weighted by Gasteiger charge is -2.23. The van der Waals surface area contributed by atoms with Crippen LogP contribution in [0.2, 0.25) is 0 Å². The molecule has 0 fully saturated rings. The van der Waals surface area contributed by atoms with Crippen LogP contribution in [0.5, 0.6) is 0 Å². The van der Waals surface area contributed by atoms with E-state index < -0.39 is 0 Å². The molecule has 0 atom stereocenters. The maximum Gasteiger partial charge on any atom is 0.0640 e. The lowest BCUT2D eigenvalue weighted by molar-refractivity contribution is 0.666. The fraction of sp³-hybridized carbons (Fsp3) is 0.0769. The van der Waals surface area contributed by atoms with Gasteiger partial charge in [0, 0.05) is 51.2 Å². The van der Waals surface area contributed by atoms with Gasteiger partial charge in [-0.15, -0.1) is 11.3 Å². The Morgan fingerprint density at radius 2 is 1.28 bits per heavy atom. The molecule has 0 saturated carbocycles. The Hall–Kier alpha value is -3.96. The van der Waals surface area contributed by atoms with E-state index in [1.807, 2.05) is 34.9 Å². The molecular formula is C39H25NS3. The predicted molar refractivity (Wildman–Crippen MR) is 186 cm³/mol. The zero-order valence-electron chi connectivity index (χ0n) is 23.6. The third-order valence-electron chi connectivity index (χ3n) is 9.43. The molecule has 4 heteroatoms. The van der Waals surface area contributed by atoms with Crippen LogP contribution in [0.25, 0.3) is 58.8 Å². The van der Waals surface area contributed by atoms with Crippen LogP contribution in [-0.4, -0.2) is 4.57 Å². The van der Waals surface area contributed by atoms with E-state index in [0.717, 1.165) is 0 Å². The average Bonchev–Trinajstić information content (AvgIpc) is 3.64. The second-order valence-corrected chi connectivity index (χ2v) is 15.3. The van der Waals surface area contributed by atoms with Crippen molar-refractivity contribution < 1.29 is 0 Å². The SMILES string of the molecule is CC1(C)c2ccccc2-c2ccc3c(c21)c1cc2c(cc1n3-c1cccc3c1sc1ccccc13)Sc1ccccc1S2. The van der Waals surface area contributed by atoms with Crippen molar-refractivity contribution in [2.75, 3.05) is 0 Å². The third kappa shape index (κ3) is 3.21. The van der Waals surface area contributed by atoms with Crippen LogP contribution in [0.4, 0.5) is 0 Å². The molecule has 6 aromatic carbocycles. The molecule has 43 heavy (non-hydrogen) atoms. The third-order valence-corrected chi connectivity index (χ3v) is 13.2. The Morgan fingerprint density at radius 3 is 2.14 bits per heavy atom. The fourth-order valence-electron chi connectivity index (χ4n) is 7.57. The van der Waals surface area contributed by atoms with Crippen molar-refractivity contribution in [2.24, 2.45) is 0 Å². The molecule has 0 amide bonds. The van der Waals surface area contributed by atoms with E-state index >= 15 is 0 Å². The molecule has 1 aliphatic heterocycles. The molecule has 204 valence electrons. The first-order valence-corrected chi connectivity index (χ1v) is 17.1. The molecule has 0 radical (unpaired) electrons. The van der Waals surface area contributed by atoms with Crippen LogP contribution in [0.3, 0.4) is 0 Å². The number of thiophene rings is 1. The Balaban J connectivity index is 1.36. The number of nitrogens with zero attached hydrogens (tertiary/aromatic N) is 1. The monoisotopic (exact) mass is 603 g/mol. The van der Waals surface area contributed by atoms with Gasteiger partial charge in [-0.2, -0.15) is 0 Å². The summed E-state index contributed by atoms with van der Waals surface area (Å²) in [4.78, 5) is 5.37. The molecule has 8 aromatic rings. The van der Waals surface area contributed by atoms with Crippen molar-refractivity contribution in [3.8, 4) is 16.8 Å². The Morgan fingerprint density at radius 1 is 0.558 bits per heavy atom. The molecular weight excluding hydrogens is 579 g/mol. The smallest absolute Gasteiger partial charge is 0.0640 e. The normalized spacial score (nSPS) is 14.7. The van der Waals surface area contributed by atoms with Crippen molar-refractivity contribution in [3.05, 3.63) is 126 Å². The van der Waals surface area contributed by atoms with Crippen LogP contribution in [0.1, 0.15) is 25.0 Å². The summed E-state index contributed by atoms with van der Waals surface area (Å²) in [7, 11) is 0. The highest BCUT2D eigenvalue weighted by Crippen LogP contribution is 2.56. The summed E-state index contributed by atoms with van der Waals surface area (Å²) in [5, 5.41) is 5.40. The Labute approximate surface area is 262 Å². The van der Waals surface area contributed by atoms with E-state index in [-0.39, 0.29) is 5.41 Å². The Bertz CT molecular complexity index is 2490. The highest BCUT2D eigenvalue weighted by molar-refractivity contribution is 8.05. The molecule has 0 N–H and O–H groups in total. The van der Waals surface area contributed by atoms with Crippen molar-refractivity contribution in [1.82, 2.24) is 4.57 Å². The lowest BCUT2D eigenvalue weighted by Crippen LogP contribution is -2.15. The van der Waals surface area contributed by atoms with Crippen LogP contribution in [0, 0.1) is 0 Å². The van der Waals surface area contributed by atoms with Gasteiger partial charge in [0.25, 0.3) is 0 Å². The minimum absolute atomic E-state index is 0.0986. The zero-order valence-corrected chi connectivity index (χ0v) is 26.1. The summed E-state index contributed by atoms with van der Waals surface area (Å²) in [6.07, 6.45) is 0. The van der Waals surface area contributed by atoms with Gasteiger partial charge in [-0.05, 0) is 64.7 Å². The molecule has 2 aliphatic rings. The van der Waals surface area contributed by atoms with Crippen molar-refractivity contribution >= 4 is 76.8 Å². The number of hydrogen-bond donors (Lipinski definition) is 0. The summed E-state index contributed by atoms with van der Waals surface area (Å²) in [5.74, 6) is 0. The summed E-state index contributed by atoms with van der Waals surface area (Å²) < 4.78 is 5.24. The molecule has 0 spiro atoms. The second-order valence-electron chi connectivity index (χ2n) is 12.1. The summed E-state index contributed by atoms with van der Waals surface area (Å²) in [6, 6.07) is 43.2. The molecule has 1 nitrogen and oxygen atoms in total. The number of benzene rings is 6. The van der Waals surface area contributed by atoms with Gasteiger partial charge in [0.1, 0.15) is 0 Å². The van der Waals surface area contributed by atoms with Gasteiger partial charge >= 0.3 is 0 Å². The number of fused-ring (bicyclic) bond motifs is 12. The average molecular weight is 604 g/mol. The van der Waals surface area contributed by atoms with Crippen LogP contribution >= 0.6 is 34.9 Å². The minimum atomic E-state index is -0.0986. The quantitative estimate of drug-likeness (QED) is 0.184. The first-order chi connectivity index (χ1) is 21.1. The summed E-state index contributed by atoms with van der Waals surface area (Å²) in [6.45, 7) is 4.82. The number of rotatable bonds is 1.